The van der Waals surface area contributed by atoms with Gasteiger partial charge in [-0.2, -0.15) is 0 Å². The molecule has 1 heterocycles. The predicted octanol–water partition coefficient (Wildman–Crippen LogP) is 2.96. The van der Waals surface area contributed by atoms with E-state index in [9.17, 15) is 4.79 Å². The van der Waals surface area contributed by atoms with Gasteiger partial charge in [0.15, 0.2) is 11.0 Å². The quantitative estimate of drug-likeness (QED) is 0.773. The molecule has 0 amide bonds. The van der Waals surface area contributed by atoms with Gasteiger partial charge >= 0.3 is 0 Å². The van der Waals surface area contributed by atoms with Gasteiger partial charge in [0, 0.05) is 12.6 Å². The van der Waals surface area contributed by atoms with Gasteiger partial charge in [-0.1, -0.05) is 53.5 Å². The van der Waals surface area contributed by atoms with Crippen molar-refractivity contribution in [2.24, 2.45) is 7.05 Å². The van der Waals surface area contributed by atoms with Crippen LogP contribution < -0.4 is 0 Å². The van der Waals surface area contributed by atoms with Crippen LogP contribution in [0.4, 0.5) is 0 Å². The van der Waals surface area contributed by atoms with E-state index >= 15 is 0 Å². The number of hydrogen-bond donors (Lipinski definition) is 0. The molecule has 0 bridgehead atoms. The van der Waals surface area contributed by atoms with Gasteiger partial charge in [0.2, 0.25) is 5.78 Å². The number of carbonyl (C=O) groups is 1. The number of nitrogens with zero attached hydrogens (tertiary/aromatic N) is 2. The maximum Gasteiger partial charge on any atom is 0.228 e. The topological polar surface area (TPSA) is 34.9 Å². The molecule has 3 nitrogen and oxygen atoms in total. The number of benzene rings is 1. The molecule has 82 valence electrons. The van der Waals surface area contributed by atoms with Gasteiger partial charge in [-0.15, -0.1) is 0 Å². The minimum Gasteiger partial charge on any atom is -0.314 e. The summed E-state index contributed by atoms with van der Waals surface area (Å²) >= 11 is 11.6. The Labute approximate surface area is 103 Å². The van der Waals surface area contributed by atoms with Gasteiger partial charge < -0.3 is 4.57 Å². The molecule has 0 radical (unpaired) electrons. The summed E-state index contributed by atoms with van der Waals surface area (Å²) in [5.74, 6) is 0.0399. The normalized spacial score (nSPS) is 10.4. The minimum atomic E-state index is -0.197. The summed E-state index contributed by atoms with van der Waals surface area (Å²) in [6.45, 7) is 0. The lowest BCUT2D eigenvalue weighted by Gasteiger charge is -2.00. The summed E-state index contributed by atoms with van der Waals surface area (Å²) in [7, 11) is 1.65. The molecule has 0 saturated heterocycles. The average Bonchev–Trinajstić information content (AvgIpc) is 2.57. The van der Waals surface area contributed by atoms with Gasteiger partial charge in [0.25, 0.3) is 0 Å². The van der Waals surface area contributed by atoms with Gasteiger partial charge in [-0.25, -0.2) is 4.98 Å². The van der Waals surface area contributed by atoms with Crippen LogP contribution in [-0.4, -0.2) is 15.3 Å². The van der Waals surface area contributed by atoms with Gasteiger partial charge in [-0.05, 0) is 0 Å². The van der Waals surface area contributed by atoms with E-state index < -0.39 is 0 Å². The molecule has 5 heteroatoms. The van der Waals surface area contributed by atoms with Crippen LogP contribution in [0.3, 0.4) is 0 Å². The Hall–Kier alpha value is -1.32. The summed E-state index contributed by atoms with van der Waals surface area (Å²) in [4.78, 5) is 16.0. The molecule has 1 aromatic carbocycles. The van der Waals surface area contributed by atoms with Crippen LogP contribution >= 0.6 is 23.2 Å². The second kappa shape index (κ2) is 4.28. The van der Waals surface area contributed by atoms with E-state index in [1.807, 2.05) is 6.07 Å². The number of halogens is 2. The Morgan fingerprint density at radius 1 is 1.25 bits per heavy atom. The number of carbonyl (C=O) groups excluding carboxylic acids is 1. The summed E-state index contributed by atoms with van der Waals surface area (Å²) in [5, 5.41) is 0.407. The number of ketones is 1. The average molecular weight is 255 g/mol. The first-order valence-corrected chi connectivity index (χ1v) is 5.34. The molecule has 0 fully saturated rings. The summed E-state index contributed by atoms with van der Waals surface area (Å²) < 4.78 is 1.47. The molecular formula is C11H8Cl2N2O. The second-order valence-corrected chi connectivity index (χ2v) is 3.99. The number of aromatic nitrogens is 2. The standard InChI is InChI=1S/C11H8Cl2N2O/c1-15-10(13)9(12)14-11(15)8(16)7-5-3-2-4-6-7/h2-6H,1H3. The Morgan fingerprint density at radius 3 is 2.38 bits per heavy atom. The van der Waals surface area contributed by atoms with Gasteiger partial charge in [-0.3, -0.25) is 4.79 Å². The molecule has 2 aromatic rings. The van der Waals surface area contributed by atoms with E-state index in [4.69, 9.17) is 23.2 Å². The lowest BCUT2D eigenvalue weighted by molar-refractivity contribution is 0.102. The maximum absolute atomic E-state index is 12.0. The maximum atomic E-state index is 12.0. The zero-order valence-electron chi connectivity index (χ0n) is 8.45. The predicted molar refractivity (Wildman–Crippen MR) is 63.1 cm³/mol. The molecule has 0 atom stereocenters. The van der Waals surface area contributed by atoms with Gasteiger partial charge in [0.05, 0.1) is 0 Å². The van der Waals surface area contributed by atoms with E-state index in [2.05, 4.69) is 4.98 Å². The van der Waals surface area contributed by atoms with Crippen molar-refractivity contribution < 1.29 is 4.79 Å². The Kier molecular flexibility index (Phi) is 2.99. The van der Waals surface area contributed by atoms with Crippen molar-refractivity contribution in [2.45, 2.75) is 0 Å². The van der Waals surface area contributed by atoms with E-state index in [1.54, 1.807) is 31.3 Å². The highest BCUT2D eigenvalue weighted by molar-refractivity contribution is 6.41. The highest BCUT2D eigenvalue weighted by Crippen LogP contribution is 2.22. The molecule has 0 aliphatic heterocycles. The fraction of sp³-hybridized carbons (Fsp3) is 0.0909. The van der Waals surface area contributed by atoms with Gasteiger partial charge in [0.1, 0.15) is 5.15 Å². The lowest BCUT2D eigenvalue weighted by Crippen LogP contribution is -2.08. The third kappa shape index (κ3) is 1.84. The molecule has 0 N–H and O–H groups in total. The van der Waals surface area contributed by atoms with Crippen LogP contribution in [-0.2, 0) is 7.05 Å². The number of rotatable bonds is 2. The fourth-order valence-electron chi connectivity index (χ4n) is 1.37. The molecular weight excluding hydrogens is 247 g/mol. The Bertz CT molecular complexity index is 534. The lowest BCUT2D eigenvalue weighted by atomic mass is 10.1. The third-order valence-electron chi connectivity index (χ3n) is 2.23. The van der Waals surface area contributed by atoms with E-state index in [0.29, 0.717) is 5.56 Å². The Balaban J connectivity index is 2.46. The van der Waals surface area contributed by atoms with Crippen molar-refractivity contribution in [2.75, 3.05) is 0 Å². The van der Waals surface area contributed by atoms with Crippen molar-refractivity contribution in [3.05, 3.63) is 52.0 Å². The number of imidazole rings is 1. The SMILES string of the molecule is Cn1c(C(=O)c2ccccc2)nc(Cl)c1Cl. The molecule has 0 aliphatic carbocycles. The monoisotopic (exact) mass is 254 g/mol. The molecule has 0 spiro atoms. The van der Waals surface area contributed by atoms with Crippen LogP contribution in [0.15, 0.2) is 30.3 Å². The second-order valence-electron chi connectivity index (χ2n) is 3.27. The van der Waals surface area contributed by atoms with Crippen LogP contribution in [0, 0.1) is 0 Å². The van der Waals surface area contributed by atoms with Crippen LogP contribution in [0.2, 0.25) is 10.3 Å². The highest BCUT2D eigenvalue weighted by atomic mass is 35.5. The zero-order valence-corrected chi connectivity index (χ0v) is 9.96. The molecule has 0 aliphatic rings. The minimum absolute atomic E-state index is 0.142. The number of hydrogen-bond acceptors (Lipinski definition) is 2. The van der Waals surface area contributed by atoms with Crippen molar-refractivity contribution in [1.82, 2.24) is 9.55 Å². The first-order valence-electron chi connectivity index (χ1n) is 4.58. The largest absolute Gasteiger partial charge is 0.314 e. The molecule has 0 unspecified atom stereocenters. The fourth-order valence-corrected chi connectivity index (χ4v) is 1.70. The van der Waals surface area contributed by atoms with E-state index in [-0.39, 0.29) is 21.9 Å². The zero-order chi connectivity index (χ0) is 11.7. The van der Waals surface area contributed by atoms with Crippen molar-refractivity contribution in [3.63, 3.8) is 0 Å². The van der Waals surface area contributed by atoms with Crippen molar-refractivity contribution >= 4 is 29.0 Å². The van der Waals surface area contributed by atoms with Crippen LogP contribution in [0.25, 0.3) is 0 Å². The highest BCUT2D eigenvalue weighted by Gasteiger charge is 2.18. The third-order valence-corrected chi connectivity index (χ3v) is 3.02. The smallest absolute Gasteiger partial charge is 0.228 e. The van der Waals surface area contributed by atoms with Crippen molar-refractivity contribution in [1.29, 1.82) is 0 Å². The Morgan fingerprint density at radius 2 is 1.88 bits per heavy atom. The molecule has 16 heavy (non-hydrogen) atoms. The van der Waals surface area contributed by atoms with Crippen molar-refractivity contribution in [3.8, 4) is 0 Å². The first kappa shape index (κ1) is 11.2. The summed E-state index contributed by atoms with van der Waals surface area (Å²) in [5.41, 5.74) is 0.559. The molecule has 1 aromatic heterocycles. The van der Waals surface area contributed by atoms with E-state index in [1.165, 1.54) is 4.57 Å². The molecule has 0 saturated carbocycles. The summed E-state index contributed by atoms with van der Waals surface area (Å²) in [6.07, 6.45) is 0. The molecule has 2 rings (SSSR count). The van der Waals surface area contributed by atoms with Crippen LogP contribution in [0.5, 0.6) is 0 Å². The first-order chi connectivity index (χ1) is 7.61. The summed E-state index contributed by atoms with van der Waals surface area (Å²) in [6, 6.07) is 8.87. The van der Waals surface area contributed by atoms with Crippen LogP contribution in [0.1, 0.15) is 16.2 Å². The van der Waals surface area contributed by atoms with E-state index in [0.717, 1.165) is 0 Å².